The van der Waals surface area contributed by atoms with Crippen LogP contribution in [0.4, 0.5) is 0 Å². The van der Waals surface area contributed by atoms with E-state index in [1.54, 1.807) is 0 Å². The van der Waals surface area contributed by atoms with Crippen LogP contribution in [0.3, 0.4) is 0 Å². The van der Waals surface area contributed by atoms with Crippen molar-refractivity contribution in [3.8, 4) is 0 Å². The third-order valence-corrected chi connectivity index (χ3v) is 3.77. The van der Waals surface area contributed by atoms with Gasteiger partial charge in [0.1, 0.15) is 5.54 Å². The van der Waals surface area contributed by atoms with Crippen LogP contribution in [0.1, 0.15) is 33.3 Å². The first-order valence-corrected chi connectivity index (χ1v) is 6.47. The zero-order valence-electron chi connectivity index (χ0n) is 11.5. The van der Waals surface area contributed by atoms with Gasteiger partial charge in [0, 0.05) is 5.39 Å². The fraction of sp³-hybridized carbons (Fsp3) is 0.533. The van der Waals surface area contributed by atoms with Gasteiger partial charge in [0.15, 0.2) is 0 Å². The molecule has 0 saturated carbocycles. The van der Waals surface area contributed by atoms with Crippen LogP contribution in [0.5, 0.6) is 0 Å². The molecule has 1 saturated heterocycles. The topological polar surface area (TPSA) is 27.1 Å². The lowest BCUT2D eigenvalue weighted by molar-refractivity contribution is -0.0934. The van der Waals surface area contributed by atoms with Crippen LogP contribution in [-0.4, -0.2) is 23.0 Å². The molecule has 0 bridgehead atoms. The van der Waals surface area contributed by atoms with Gasteiger partial charge in [-0.05, 0) is 24.0 Å². The highest BCUT2D eigenvalue weighted by Gasteiger charge is 2.37. The highest BCUT2D eigenvalue weighted by molar-refractivity contribution is 5.80. The van der Waals surface area contributed by atoms with E-state index < -0.39 is 0 Å². The number of nitrogens with zero attached hydrogens (tertiary/aromatic N) is 2. The predicted octanol–water partition coefficient (Wildman–Crippen LogP) is 3.08. The smallest absolute Gasteiger partial charge is 0.107 e. The third kappa shape index (κ3) is 1.65. The van der Waals surface area contributed by atoms with Crippen molar-refractivity contribution in [2.75, 3.05) is 13.2 Å². The summed E-state index contributed by atoms with van der Waals surface area (Å²) < 4.78 is 7.47. The molecule has 3 nitrogen and oxygen atoms in total. The van der Waals surface area contributed by atoms with Crippen LogP contribution in [0.2, 0.25) is 0 Å². The maximum atomic E-state index is 5.35. The maximum absolute atomic E-state index is 5.35. The lowest BCUT2D eigenvalue weighted by Gasteiger charge is -2.38. The van der Waals surface area contributed by atoms with Gasteiger partial charge in [-0.15, -0.1) is 0 Å². The minimum absolute atomic E-state index is 0.0260. The summed E-state index contributed by atoms with van der Waals surface area (Å²) in [5.74, 6) is 0. The van der Waals surface area contributed by atoms with Gasteiger partial charge in [-0.2, -0.15) is 5.10 Å². The van der Waals surface area contributed by atoms with Crippen LogP contribution in [0.15, 0.2) is 24.4 Å². The monoisotopic (exact) mass is 244 g/mol. The summed E-state index contributed by atoms with van der Waals surface area (Å²) in [5, 5.41) is 5.75. The van der Waals surface area contributed by atoms with Crippen molar-refractivity contribution in [1.29, 1.82) is 0 Å². The SMILES string of the molecule is CC(C)(C)c1ccc2cnn(C3(C)COC3)c2c1. The number of hydrogen-bond donors (Lipinski definition) is 0. The molecule has 1 aliphatic heterocycles. The van der Waals surface area contributed by atoms with E-state index in [4.69, 9.17) is 4.74 Å². The predicted molar refractivity (Wildman–Crippen MR) is 72.9 cm³/mol. The normalized spacial score (nSPS) is 18.9. The van der Waals surface area contributed by atoms with Gasteiger partial charge < -0.3 is 4.74 Å². The van der Waals surface area contributed by atoms with Crippen molar-refractivity contribution < 1.29 is 4.74 Å². The molecule has 1 aromatic heterocycles. The minimum atomic E-state index is 0.0260. The van der Waals surface area contributed by atoms with E-state index in [1.165, 1.54) is 16.5 Å². The number of ether oxygens (including phenoxy) is 1. The Hall–Kier alpha value is -1.35. The van der Waals surface area contributed by atoms with Gasteiger partial charge >= 0.3 is 0 Å². The number of hydrogen-bond acceptors (Lipinski definition) is 2. The van der Waals surface area contributed by atoms with E-state index in [-0.39, 0.29) is 11.0 Å². The summed E-state index contributed by atoms with van der Waals surface area (Å²) in [5.41, 5.74) is 2.76. The lowest BCUT2D eigenvalue weighted by Crippen LogP contribution is -2.49. The molecule has 0 aliphatic carbocycles. The lowest BCUT2D eigenvalue weighted by atomic mass is 9.86. The first-order valence-electron chi connectivity index (χ1n) is 6.47. The average molecular weight is 244 g/mol. The van der Waals surface area contributed by atoms with E-state index in [0.717, 1.165) is 13.2 Å². The molecule has 96 valence electrons. The van der Waals surface area contributed by atoms with Gasteiger partial charge in [-0.25, -0.2) is 0 Å². The van der Waals surface area contributed by atoms with Crippen LogP contribution >= 0.6 is 0 Å². The fourth-order valence-corrected chi connectivity index (χ4v) is 2.43. The van der Waals surface area contributed by atoms with Gasteiger partial charge in [0.05, 0.1) is 24.9 Å². The Labute approximate surface area is 108 Å². The third-order valence-electron chi connectivity index (χ3n) is 3.77. The van der Waals surface area contributed by atoms with Gasteiger partial charge in [0.25, 0.3) is 0 Å². The Bertz CT molecular complexity index is 588. The summed E-state index contributed by atoms with van der Waals surface area (Å²) in [6.45, 7) is 10.4. The second-order valence-corrected chi connectivity index (χ2v) is 6.57. The number of benzene rings is 1. The fourth-order valence-electron chi connectivity index (χ4n) is 2.43. The quantitative estimate of drug-likeness (QED) is 0.771. The Balaban J connectivity index is 2.17. The van der Waals surface area contributed by atoms with Crippen LogP contribution < -0.4 is 0 Å². The van der Waals surface area contributed by atoms with Gasteiger partial charge in [0.2, 0.25) is 0 Å². The van der Waals surface area contributed by atoms with Crippen LogP contribution in [-0.2, 0) is 15.7 Å². The van der Waals surface area contributed by atoms with Crippen molar-refractivity contribution in [2.45, 2.75) is 38.6 Å². The molecule has 0 N–H and O–H groups in total. The van der Waals surface area contributed by atoms with Crippen molar-refractivity contribution >= 4 is 10.9 Å². The Kier molecular flexibility index (Phi) is 2.33. The van der Waals surface area contributed by atoms with Crippen molar-refractivity contribution in [2.24, 2.45) is 0 Å². The second-order valence-electron chi connectivity index (χ2n) is 6.57. The molecule has 0 atom stereocenters. The molecule has 0 radical (unpaired) electrons. The second kappa shape index (κ2) is 3.58. The summed E-state index contributed by atoms with van der Waals surface area (Å²) >= 11 is 0. The van der Waals surface area contributed by atoms with Crippen molar-refractivity contribution in [1.82, 2.24) is 9.78 Å². The van der Waals surface area contributed by atoms with Gasteiger partial charge in [-0.1, -0.05) is 32.9 Å². The van der Waals surface area contributed by atoms with E-state index >= 15 is 0 Å². The summed E-state index contributed by atoms with van der Waals surface area (Å²) in [4.78, 5) is 0. The molecule has 1 fully saturated rings. The molecule has 0 spiro atoms. The standard InChI is InChI=1S/C15H20N2O/c1-14(2,3)12-6-5-11-8-16-17(13(11)7-12)15(4)9-18-10-15/h5-8H,9-10H2,1-4H3. The van der Waals surface area contributed by atoms with Crippen LogP contribution in [0.25, 0.3) is 10.9 Å². The van der Waals surface area contributed by atoms with Crippen molar-refractivity contribution in [3.05, 3.63) is 30.0 Å². The largest absolute Gasteiger partial charge is 0.376 e. The number of rotatable bonds is 1. The highest BCUT2D eigenvalue weighted by atomic mass is 16.5. The highest BCUT2D eigenvalue weighted by Crippen LogP contribution is 2.31. The van der Waals surface area contributed by atoms with E-state index in [1.807, 2.05) is 6.20 Å². The first-order chi connectivity index (χ1) is 8.40. The van der Waals surface area contributed by atoms with E-state index in [2.05, 4.69) is 55.7 Å². The maximum Gasteiger partial charge on any atom is 0.107 e. The number of fused-ring (bicyclic) bond motifs is 1. The van der Waals surface area contributed by atoms with E-state index in [9.17, 15) is 0 Å². The van der Waals surface area contributed by atoms with E-state index in [0.29, 0.717) is 0 Å². The summed E-state index contributed by atoms with van der Waals surface area (Å²) in [6, 6.07) is 6.64. The Morgan fingerprint density at radius 2 is 2.00 bits per heavy atom. The zero-order chi connectivity index (χ0) is 13.0. The molecular weight excluding hydrogens is 224 g/mol. The molecule has 3 heteroatoms. The van der Waals surface area contributed by atoms with Crippen LogP contribution in [0, 0.1) is 0 Å². The molecular formula is C15H20N2O. The molecule has 2 heterocycles. The first kappa shape index (κ1) is 11.7. The Morgan fingerprint density at radius 1 is 1.28 bits per heavy atom. The van der Waals surface area contributed by atoms with Gasteiger partial charge in [-0.3, -0.25) is 4.68 Å². The molecule has 0 amide bonds. The average Bonchev–Trinajstić information content (AvgIpc) is 2.67. The molecule has 1 aromatic carbocycles. The molecule has 1 aliphatic rings. The molecule has 18 heavy (non-hydrogen) atoms. The molecule has 0 unspecified atom stereocenters. The Morgan fingerprint density at radius 3 is 2.56 bits per heavy atom. The number of aromatic nitrogens is 2. The zero-order valence-corrected chi connectivity index (χ0v) is 11.5. The molecule has 2 aromatic rings. The summed E-state index contributed by atoms with van der Waals surface area (Å²) in [6.07, 6.45) is 1.95. The minimum Gasteiger partial charge on any atom is -0.376 e. The van der Waals surface area contributed by atoms with Crippen molar-refractivity contribution in [3.63, 3.8) is 0 Å². The summed E-state index contributed by atoms with van der Waals surface area (Å²) in [7, 11) is 0. The molecule has 3 rings (SSSR count).